The van der Waals surface area contributed by atoms with Crippen LogP contribution in [0.1, 0.15) is 5.56 Å². The number of nitrogens with zero attached hydrogens (tertiary/aromatic N) is 2. The summed E-state index contributed by atoms with van der Waals surface area (Å²) in [7, 11) is 0. The molecule has 1 N–H and O–H groups in total. The van der Waals surface area contributed by atoms with E-state index in [0.717, 1.165) is 25.4 Å². The van der Waals surface area contributed by atoms with Gasteiger partial charge in [-0.2, -0.15) is 5.10 Å². The number of benzene rings is 1. The van der Waals surface area contributed by atoms with Crippen LogP contribution in [-0.2, 0) is 4.79 Å². The number of carboxylic acids is 1. The topological polar surface area (TPSA) is 55.1 Å². The minimum Gasteiger partial charge on any atom is -0.478 e. The summed E-state index contributed by atoms with van der Waals surface area (Å²) in [6, 6.07) is 5.58. The van der Waals surface area contributed by atoms with E-state index in [2.05, 4.69) is 43.6 Å². The SMILES string of the molecule is O=C(O)/C=C/c1ccc(-n2cc(I)cn2)c(Br)c1. The molecule has 4 nitrogen and oxygen atoms in total. The van der Waals surface area contributed by atoms with Crippen LogP contribution >= 0.6 is 38.5 Å². The molecule has 0 aliphatic rings. The zero-order valence-electron chi connectivity index (χ0n) is 9.05. The van der Waals surface area contributed by atoms with Crippen LogP contribution in [0.15, 0.2) is 41.1 Å². The molecule has 0 radical (unpaired) electrons. The van der Waals surface area contributed by atoms with Crippen molar-refractivity contribution in [1.29, 1.82) is 0 Å². The second-order valence-corrected chi connectivity index (χ2v) is 5.59. The van der Waals surface area contributed by atoms with E-state index in [-0.39, 0.29) is 0 Å². The largest absolute Gasteiger partial charge is 0.478 e. The first-order chi connectivity index (χ1) is 8.56. The highest BCUT2D eigenvalue weighted by atomic mass is 127. The van der Waals surface area contributed by atoms with Crippen LogP contribution in [0.4, 0.5) is 0 Å². The normalized spacial score (nSPS) is 11.0. The third-order valence-corrected chi connectivity index (χ3v) is 3.38. The van der Waals surface area contributed by atoms with Crippen LogP contribution < -0.4 is 0 Å². The molecule has 18 heavy (non-hydrogen) atoms. The number of hydrogen-bond acceptors (Lipinski definition) is 2. The van der Waals surface area contributed by atoms with Crippen LogP contribution in [0.3, 0.4) is 0 Å². The molecule has 0 saturated heterocycles. The van der Waals surface area contributed by atoms with Crippen molar-refractivity contribution in [3.63, 3.8) is 0 Å². The van der Waals surface area contributed by atoms with Gasteiger partial charge in [0, 0.05) is 16.7 Å². The third-order valence-electron chi connectivity index (χ3n) is 2.19. The zero-order chi connectivity index (χ0) is 13.1. The second-order valence-electron chi connectivity index (χ2n) is 3.49. The van der Waals surface area contributed by atoms with Gasteiger partial charge < -0.3 is 5.11 Å². The summed E-state index contributed by atoms with van der Waals surface area (Å²) in [6.07, 6.45) is 6.33. The number of halogens is 2. The smallest absolute Gasteiger partial charge is 0.328 e. The Balaban J connectivity index is 2.33. The van der Waals surface area contributed by atoms with Crippen molar-refractivity contribution >= 4 is 50.6 Å². The number of hydrogen-bond donors (Lipinski definition) is 1. The lowest BCUT2D eigenvalue weighted by Gasteiger charge is -2.05. The van der Waals surface area contributed by atoms with E-state index in [1.807, 2.05) is 24.4 Å². The number of aromatic nitrogens is 2. The molecule has 0 spiro atoms. The minimum atomic E-state index is -0.961. The van der Waals surface area contributed by atoms with E-state index in [0.29, 0.717) is 0 Å². The second kappa shape index (κ2) is 5.66. The predicted molar refractivity (Wildman–Crippen MR) is 80.7 cm³/mol. The van der Waals surface area contributed by atoms with Crippen molar-refractivity contribution in [3.8, 4) is 5.69 Å². The maximum absolute atomic E-state index is 10.4. The van der Waals surface area contributed by atoms with Gasteiger partial charge in [-0.25, -0.2) is 9.48 Å². The Morgan fingerprint density at radius 1 is 1.50 bits per heavy atom. The Labute approximate surface area is 126 Å². The molecule has 0 fully saturated rings. The van der Waals surface area contributed by atoms with Crippen LogP contribution in [0, 0.1) is 3.57 Å². The first-order valence-electron chi connectivity index (χ1n) is 4.97. The fraction of sp³-hybridized carbons (Fsp3) is 0. The highest BCUT2D eigenvalue weighted by Crippen LogP contribution is 2.23. The summed E-state index contributed by atoms with van der Waals surface area (Å²) >= 11 is 5.65. The van der Waals surface area contributed by atoms with Gasteiger partial charge in [-0.3, -0.25) is 0 Å². The van der Waals surface area contributed by atoms with Gasteiger partial charge in [-0.15, -0.1) is 0 Å². The number of rotatable bonds is 3. The Bertz CT molecular complexity index is 622. The first-order valence-corrected chi connectivity index (χ1v) is 6.84. The third kappa shape index (κ3) is 3.20. The lowest BCUT2D eigenvalue weighted by atomic mass is 10.2. The number of carbonyl (C=O) groups is 1. The molecule has 1 aromatic carbocycles. The molecule has 0 bridgehead atoms. The highest BCUT2D eigenvalue weighted by Gasteiger charge is 2.04. The average molecular weight is 419 g/mol. The van der Waals surface area contributed by atoms with E-state index in [1.165, 1.54) is 0 Å². The van der Waals surface area contributed by atoms with Gasteiger partial charge in [0.1, 0.15) is 0 Å². The number of carboxylic acid groups (broad SMARTS) is 1. The molecule has 0 unspecified atom stereocenters. The maximum atomic E-state index is 10.4. The summed E-state index contributed by atoms with van der Waals surface area (Å²) in [5.41, 5.74) is 1.72. The Morgan fingerprint density at radius 2 is 2.28 bits per heavy atom. The molecule has 2 rings (SSSR count). The van der Waals surface area contributed by atoms with Gasteiger partial charge in [0.05, 0.1) is 15.5 Å². The van der Waals surface area contributed by atoms with Crippen LogP contribution in [0.25, 0.3) is 11.8 Å². The number of aliphatic carboxylic acids is 1. The minimum absolute atomic E-state index is 0.815. The van der Waals surface area contributed by atoms with Crippen molar-refractivity contribution in [3.05, 3.63) is 50.3 Å². The van der Waals surface area contributed by atoms with E-state index < -0.39 is 5.97 Å². The average Bonchev–Trinajstić information content (AvgIpc) is 2.73. The molecule has 92 valence electrons. The molecular weight excluding hydrogens is 411 g/mol. The fourth-order valence-corrected chi connectivity index (χ4v) is 2.38. The molecule has 0 aliphatic heterocycles. The Morgan fingerprint density at radius 3 is 2.83 bits per heavy atom. The van der Waals surface area contributed by atoms with Crippen LogP contribution in [-0.4, -0.2) is 20.9 Å². The quantitative estimate of drug-likeness (QED) is 0.614. The van der Waals surface area contributed by atoms with Crippen molar-refractivity contribution in [2.24, 2.45) is 0 Å². The van der Waals surface area contributed by atoms with Gasteiger partial charge in [-0.1, -0.05) is 6.07 Å². The standard InChI is InChI=1S/C12H8BrIN2O2/c13-10-5-8(2-4-12(17)18)1-3-11(10)16-7-9(14)6-15-16/h1-7H,(H,17,18)/b4-2+. The molecule has 0 saturated carbocycles. The van der Waals surface area contributed by atoms with Gasteiger partial charge >= 0.3 is 5.97 Å². The highest BCUT2D eigenvalue weighted by molar-refractivity contribution is 14.1. The molecule has 0 atom stereocenters. The molecule has 0 amide bonds. The van der Waals surface area contributed by atoms with Gasteiger partial charge in [0.15, 0.2) is 0 Å². The molecule has 0 aliphatic carbocycles. The summed E-state index contributed by atoms with van der Waals surface area (Å²) in [4.78, 5) is 10.4. The van der Waals surface area contributed by atoms with Crippen molar-refractivity contribution < 1.29 is 9.90 Å². The Hall–Kier alpha value is -1.15. The summed E-state index contributed by atoms with van der Waals surface area (Å²) in [5.74, 6) is -0.961. The van der Waals surface area contributed by atoms with Crippen LogP contribution in [0.2, 0.25) is 0 Å². The lowest BCUT2D eigenvalue weighted by molar-refractivity contribution is -0.131. The summed E-state index contributed by atoms with van der Waals surface area (Å²) < 4.78 is 3.67. The molecule has 1 heterocycles. The van der Waals surface area contributed by atoms with Gasteiger partial charge in [0.2, 0.25) is 0 Å². The van der Waals surface area contributed by atoms with E-state index in [9.17, 15) is 4.79 Å². The molecule has 2 aromatic rings. The molecular formula is C12H8BrIN2O2. The summed E-state index contributed by atoms with van der Waals surface area (Å²) in [5, 5.41) is 12.8. The van der Waals surface area contributed by atoms with Crippen LogP contribution in [0.5, 0.6) is 0 Å². The van der Waals surface area contributed by atoms with Crippen molar-refractivity contribution in [1.82, 2.24) is 9.78 Å². The van der Waals surface area contributed by atoms with Crippen molar-refractivity contribution in [2.75, 3.05) is 0 Å². The van der Waals surface area contributed by atoms with Gasteiger partial charge in [-0.05, 0) is 62.3 Å². The fourth-order valence-electron chi connectivity index (χ4n) is 1.41. The summed E-state index contributed by atoms with van der Waals surface area (Å²) in [6.45, 7) is 0. The zero-order valence-corrected chi connectivity index (χ0v) is 12.8. The van der Waals surface area contributed by atoms with E-state index in [1.54, 1.807) is 17.0 Å². The molecule has 6 heteroatoms. The van der Waals surface area contributed by atoms with Crippen molar-refractivity contribution in [2.45, 2.75) is 0 Å². The Kier molecular flexibility index (Phi) is 4.18. The first kappa shape index (κ1) is 13.3. The lowest BCUT2D eigenvalue weighted by Crippen LogP contribution is -1.95. The van der Waals surface area contributed by atoms with E-state index >= 15 is 0 Å². The monoisotopic (exact) mass is 418 g/mol. The molecule has 1 aromatic heterocycles. The predicted octanol–water partition coefficient (Wildman–Crippen LogP) is 3.34. The maximum Gasteiger partial charge on any atom is 0.328 e. The van der Waals surface area contributed by atoms with E-state index in [4.69, 9.17) is 5.11 Å². The van der Waals surface area contributed by atoms with Gasteiger partial charge in [0.25, 0.3) is 0 Å².